The summed E-state index contributed by atoms with van der Waals surface area (Å²) < 4.78 is 11.4. The van der Waals surface area contributed by atoms with Crippen molar-refractivity contribution in [1.29, 1.82) is 0 Å². The first-order valence-corrected chi connectivity index (χ1v) is 5.43. The van der Waals surface area contributed by atoms with Crippen molar-refractivity contribution in [1.82, 2.24) is 0 Å². The lowest BCUT2D eigenvalue weighted by atomic mass is 9.82. The van der Waals surface area contributed by atoms with Crippen LogP contribution in [0.1, 0.15) is 19.3 Å². The van der Waals surface area contributed by atoms with Gasteiger partial charge in [0.2, 0.25) is 0 Å². The number of ether oxygens (including phenoxy) is 2. The largest absolute Gasteiger partial charge is 0.347 e. The zero-order chi connectivity index (χ0) is 10.4. The van der Waals surface area contributed by atoms with Gasteiger partial charge in [0, 0.05) is 18.3 Å². The normalized spacial score (nSPS) is 30.8. The smallest absolute Gasteiger partial charge is 0.178 e. The predicted molar refractivity (Wildman–Crippen MR) is 54.2 cm³/mol. The first-order valence-electron chi connectivity index (χ1n) is 5.43. The fourth-order valence-electron chi connectivity index (χ4n) is 2.74. The Morgan fingerprint density at radius 2 is 1.73 bits per heavy atom. The van der Waals surface area contributed by atoms with Crippen LogP contribution in [0.3, 0.4) is 0 Å². The summed E-state index contributed by atoms with van der Waals surface area (Å²) in [6.07, 6.45) is 10.1. The molecule has 3 aliphatic rings. The van der Waals surface area contributed by atoms with E-state index in [9.17, 15) is 4.79 Å². The van der Waals surface area contributed by atoms with Crippen LogP contribution < -0.4 is 0 Å². The van der Waals surface area contributed by atoms with Crippen molar-refractivity contribution in [3.8, 4) is 0 Å². The van der Waals surface area contributed by atoms with Gasteiger partial charge in [-0.15, -0.1) is 0 Å². The molecule has 0 N–H and O–H groups in total. The Kier molecular flexibility index (Phi) is 1.88. The van der Waals surface area contributed by atoms with Gasteiger partial charge in [-0.05, 0) is 18.6 Å². The maximum atomic E-state index is 11.1. The van der Waals surface area contributed by atoms with Crippen molar-refractivity contribution >= 4 is 5.78 Å². The summed E-state index contributed by atoms with van der Waals surface area (Å²) in [5, 5.41) is 0. The van der Waals surface area contributed by atoms with Gasteiger partial charge in [0.25, 0.3) is 0 Å². The number of ketones is 1. The lowest BCUT2D eigenvalue weighted by Crippen LogP contribution is -2.28. The molecule has 3 rings (SSSR count). The Labute approximate surface area is 88.7 Å². The molecule has 2 fully saturated rings. The molecule has 0 aromatic heterocycles. The Balaban J connectivity index is 1.83. The Hall–Kier alpha value is -0.930. The van der Waals surface area contributed by atoms with Gasteiger partial charge >= 0.3 is 0 Å². The highest BCUT2D eigenvalue weighted by Crippen LogP contribution is 2.50. The van der Waals surface area contributed by atoms with Crippen molar-refractivity contribution in [2.45, 2.75) is 25.0 Å². The van der Waals surface area contributed by atoms with Crippen molar-refractivity contribution in [2.75, 3.05) is 13.2 Å². The molecule has 1 heterocycles. The molecule has 1 saturated heterocycles. The minimum absolute atomic E-state index is 0.00174. The van der Waals surface area contributed by atoms with Crippen LogP contribution in [0.5, 0.6) is 0 Å². The van der Waals surface area contributed by atoms with Crippen LogP contribution in [-0.4, -0.2) is 24.8 Å². The van der Waals surface area contributed by atoms with Gasteiger partial charge in [-0.1, -0.05) is 12.2 Å². The van der Waals surface area contributed by atoms with Gasteiger partial charge < -0.3 is 9.47 Å². The summed E-state index contributed by atoms with van der Waals surface area (Å²) in [4.78, 5) is 11.1. The second-order valence-electron chi connectivity index (χ2n) is 4.59. The highest BCUT2D eigenvalue weighted by molar-refractivity contribution is 6.00. The highest BCUT2D eigenvalue weighted by Gasteiger charge is 2.50. The third kappa shape index (κ3) is 1.46. The van der Waals surface area contributed by atoms with E-state index in [4.69, 9.17) is 9.47 Å². The average molecular weight is 206 g/mol. The zero-order valence-corrected chi connectivity index (χ0v) is 8.57. The summed E-state index contributed by atoms with van der Waals surface area (Å²) in [6.45, 7) is 1.39. The van der Waals surface area contributed by atoms with E-state index in [1.807, 2.05) is 12.2 Å². The summed E-state index contributed by atoms with van der Waals surface area (Å²) in [5.41, 5.74) is -0.00174. The fourth-order valence-corrected chi connectivity index (χ4v) is 2.74. The van der Waals surface area contributed by atoms with Crippen LogP contribution in [-0.2, 0) is 14.3 Å². The second kappa shape index (κ2) is 3.03. The van der Waals surface area contributed by atoms with Crippen LogP contribution >= 0.6 is 0 Å². The van der Waals surface area contributed by atoms with Crippen molar-refractivity contribution < 1.29 is 14.3 Å². The number of rotatable bonds is 0. The summed E-state index contributed by atoms with van der Waals surface area (Å²) in [5.74, 6) is -0.287. The van der Waals surface area contributed by atoms with Crippen LogP contribution in [0.25, 0.3) is 0 Å². The third-order valence-electron chi connectivity index (χ3n) is 3.54. The van der Waals surface area contributed by atoms with Gasteiger partial charge in [0.05, 0.1) is 13.2 Å². The first-order chi connectivity index (χ1) is 7.22. The summed E-state index contributed by atoms with van der Waals surface area (Å²) in [6, 6.07) is 0. The molecule has 1 saturated carbocycles. The molecule has 1 aliphatic heterocycles. The third-order valence-corrected chi connectivity index (χ3v) is 3.54. The molecule has 0 unspecified atom stereocenters. The number of carbonyl (C=O) groups is 1. The molecule has 2 spiro atoms. The number of hydrogen-bond acceptors (Lipinski definition) is 3. The SMILES string of the molecule is O=C1C=CC2(C=C1)CCC1(C2)OCCO1. The van der Waals surface area contributed by atoms with Gasteiger partial charge in [-0.3, -0.25) is 4.79 Å². The molecule has 0 bridgehead atoms. The topological polar surface area (TPSA) is 35.5 Å². The fraction of sp³-hybridized carbons (Fsp3) is 0.583. The quantitative estimate of drug-likeness (QED) is 0.604. The molecular formula is C12H14O3. The average Bonchev–Trinajstić information content (AvgIpc) is 2.82. The molecule has 0 atom stereocenters. The van der Waals surface area contributed by atoms with Crippen LogP contribution in [0.4, 0.5) is 0 Å². The molecule has 80 valence electrons. The lowest BCUT2D eigenvalue weighted by molar-refractivity contribution is -0.153. The molecule has 2 aliphatic carbocycles. The molecule has 0 radical (unpaired) electrons. The van der Waals surface area contributed by atoms with Crippen molar-refractivity contribution in [2.24, 2.45) is 5.41 Å². The zero-order valence-electron chi connectivity index (χ0n) is 8.57. The van der Waals surface area contributed by atoms with E-state index in [0.29, 0.717) is 13.2 Å². The van der Waals surface area contributed by atoms with E-state index in [0.717, 1.165) is 19.3 Å². The molecule has 3 heteroatoms. The van der Waals surface area contributed by atoms with Gasteiger partial charge in [-0.2, -0.15) is 0 Å². The van der Waals surface area contributed by atoms with E-state index < -0.39 is 0 Å². The second-order valence-corrected chi connectivity index (χ2v) is 4.59. The maximum absolute atomic E-state index is 11.1. The van der Waals surface area contributed by atoms with E-state index in [1.54, 1.807) is 12.2 Å². The summed E-state index contributed by atoms with van der Waals surface area (Å²) in [7, 11) is 0. The standard InChI is InChI=1S/C12H14O3/c13-10-1-3-11(4-2-10)5-6-12(9-11)14-7-8-15-12/h1-4H,5-9H2. The van der Waals surface area contributed by atoms with Gasteiger partial charge in [-0.25, -0.2) is 0 Å². The van der Waals surface area contributed by atoms with Crippen LogP contribution in [0.2, 0.25) is 0 Å². The van der Waals surface area contributed by atoms with Crippen LogP contribution in [0.15, 0.2) is 24.3 Å². The Morgan fingerprint density at radius 3 is 2.40 bits per heavy atom. The summed E-state index contributed by atoms with van der Waals surface area (Å²) >= 11 is 0. The highest BCUT2D eigenvalue weighted by atomic mass is 16.7. The molecule has 0 aromatic rings. The molecule has 3 nitrogen and oxygen atoms in total. The van der Waals surface area contributed by atoms with Gasteiger partial charge in [0.1, 0.15) is 0 Å². The minimum atomic E-state index is -0.366. The minimum Gasteiger partial charge on any atom is -0.347 e. The van der Waals surface area contributed by atoms with E-state index in [2.05, 4.69) is 0 Å². The molecular weight excluding hydrogens is 192 g/mol. The number of hydrogen-bond donors (Lipinski definition) is 0. The van der Waals surface area contributed by atoms with E-state index in [-0.39, 0.29) is 17.0 Å². The monoisotopic (exact) mass is 206 g/mol. The first kappa shape index (κ1) is 9.31. The Morgan fingerprint density at radius 1 is 1.07 bits per heavy atom. The van der Waals surface area contributed by atoms with Crippen molar-refractivity contribution in [3.63, 3.8) is 0 Å². The maximum Gasteiger partial charge on any atom is 0.178 e. The Bertz CT molecular complexity index is 332. The van der Waals surface area contributed by atoms with Crippen LogP contribution in [0, 0.1) is 5.41 Å². The predicted octanol–water partition coefficient (Wildman–Crippen LogP) is 1.59. The van der Waals surface area contributed by atoms with Crippen molar-refractivity contribution in [3.05, 3.63) is 24.3 Å². The molecule has 15 heavy (non-hydrogen) atoms. The number of allylic oxidation sites excluding steroid dienone is 4. The van der Waals surface area contributed by atoms with Gasteiger partial charge in [0.15, 0.2) is 11.6 Å². The lowest BCUT2D eigenvalue weighted by Gasteiger charge is -2.26. The molecule has 0 amide bonds. The van der Waals surface area contributed by atoms with E-state index in [1.165, 1.54) is 0 Å². The number of carbonyl (C=O) groups excluding carboxylic acids is 1. The molecule has 0 aromatic carbocycles. The van der Waals surface area contributed by atoms with E-state index >= 15 is 0 Å².